The number of ether oxygens (including phenoxy) is 1. The topological polar surface area (TPSA) is 87.3 Å². The van der Waals surface area contributed by atoms with E-state index in [0.29, 0.717) is 21.4 Å². The van der Waals surface area contributed by atoms with Gasteiger partial charge in [-0.1, -0.05) is 34.5 Å². The van der Waals surface area contributed by atoms with Crippen LogP contribution < -0.4 is 10.2 Å². The molecule has 7 nitrogen and oxygen atoms in total. The number of carbonyl (C=O) groups excluding carboxylic acids is 2. The molecule has 0 bridgehead atoms. The van der Waals surface area contributed by atoms with Gasteiger partial charge in [-0.15, -0.1) is 0 Å². The van der Waals surface area contributed by atoms with Crippen LogP contribution in [-0.2, 0) is 4.74 Å². The Morgan fingerprint density at radius 1 is 1.24 bits per heavy atom. The molecule has 1 aromatic carbocycles. The van der Waals surface area contributed by atoms with E-state index >= 15 is 0 Å². The first-order valence-corrected chi connectivity index (χ1v) is 10.6. The summed E-state index contributed by atoms with van der Waals surface area (Å²) in [4.78, 5) is 34.4. The number of aromatic nitrogens is 2. The quantitative estimate of drug-likeness (QED) is 0.550. The first-order chi connectivity index (χ1) is 13.9. The number of benzene rings is 1. The van der Waals surface area contributed by atoms with Gasteiger partial charge in [0, 0.05) is 18.8 Å². The summed E-state index contributed by atoms with van der Waals surface area (Å²) in [6, 6.07) is 3.53. The summed E-state index contributed by atoms with van der Waals surface area (Å²) in [6.45, 7) is 3.53. The van der Waals surface area contributed by atoms with Crippen LogP contribution in [-0.4, -0.2) is 42.0 Å². The summed E-state index contributed by atoms with van der Waals surface area (Å²) in [5.74, 6) is -0.838. The second-order valence-corrected chi connectivity index (χ2v) is 8.54. The Hall–Kier alpha value is -2.29. The van der Waals surface area contributed by atoms with Crippen molar-refractivity contribution in [2.45, 2.75) is 19.8 Å². The van der Waals surface area contributed by atoms with E-state index in [0.717, 1.165) is 41.8 Å². The van der Waals surface area contributed by atoms with Gasteiger partial charge in [-0.3, -0.25) is 10.1 Å². The van der Waals surface area contributed by atoms with Crippen LogP contribution in [0.2, 0.25) is 10.0 Å². The first-order valence-electron chi connectivity index (χ1n) is 9.01. The predicted octanol–water partition coefficient (Wildman–Crippen LogP) is 4.88. The third-order valence-electron chi connectivity index (χ3n) is 4.84. The number of aromatic amines is 1. The molecule has 0 spiro atoms. The van der Waals surface area contributed by atoms with Gasteiger partial charge in [-0.2, -0.15) is 0 Å². The number of amides is 1. The summed E-state index contributed by atoms with van der Waals surface area (Å²) in [6.07, 6.45) is 2.17. The number of carbonyl (C=O) groups is 2. The van der Waals surface area contributed by atoms with Crippen molar-refractivity contribution in [3.63, 3.8) is 0 Å². The molecule has 0 radical (unpaired) electrons. The van der Waals surface area contributed by atoms with Crippen molar-refractivity contribution in [3.05, 3.63) is 39.1 Å². The number of thiazole rings is 1. The first kappa shape index (κ1) is 20.0. The molecule has 1 fully saturated rings. The van der Waals surface area contributed by atoms with Gasteiger partial charge >= 0.3 is 5.97 Å². The monoisotopic (exact) mass is 452 g/mol. The molecule has 1 aliphatic heterocycles. The number of esters is 1. The SMILES string of the molecule is COC(=O)c1cc(N2CCCC2)c2nc(NC(=O)c3[nH]c(C)c(Cl)c3Cl)sc2c1. The van der Waals surface area contributed by atoms with E-state index in [1.54, 1.807) is 19.1 Å². The van der Waals surface area contributed by atoms with Crippen LogP contribution in [0.3, 0.4) is 0 Å². The van der Waals surface area contributed by atoms with E-state index in [4.69, 9.17) is 27.9 Å². The van der Waals surface area contributed by atoms with E-state index in [9.17, 15) is 9.59 Å². The van der Waals surface area contributed by atoms with Gasteiger partial charge in [-0.05, 0) is 31.9 Å². The zero-order valence-corrected chi connectivity index (χ0v) is 18.1. The minimum atomic E-state index is -0.431. The molecule has 0 unspecified atom stereocenters. The molecular weight excluding hydrogens is 435 g/mol. The molecule has 0 atom stereocenters. The van der Waals surface area contributed by atoms with Gasteiger partial charge < -0.3 is 14.6 Å². The third kappa shape index (κ3) is 3.68. The Morgan fingerprint density at radius 2 is 1.97 bits per heavy atom. The Labute approximate surface area is 181 Å². The molecule has 1 aliphatic rings. The maximum absolute atomic E-state index is 12.6. The number of halogens is 2. The molecule has 3 heterocycles. The maximum atomic E-state index is 12.6. The molecule has 4 rings (SSSR count). The van der Waals surface area contributed by atoms with Crippen LogP contribution in [0.5, 0.6) is 0 Å². The van der Waals surface area contributed by atoms with Crippen LogP contribution >= 0.6 is 34.5 Å². The highest BCUT2D eigenvalue weighted by Gasteiger charge is 2.23. The van der Waals surface area contributed by atoms with E-state index in [1.807, 2.05) is 0 Å². The highest BCUT2D eigenvalue weighted by molar-refractivity contribution is 7.22. The molecule has 2 aromatic heterocycles. The second kappa shape index (κ2) is 7.85. The van der Waals surface area contributed by atoms with Crippen molar-refractivity contribution in [2.24, 2.45) is 0 Å². The Morgan fingerprint density at radius 3 is 2.59 bits per heavy atom. The minimum Gasteiger partial charge on any atom is -0.465 e. The summed E-state index contributed by atoms with van der Waals surface area (Å²) in [7, 11) is 1.35. The number of H-pyrrole nitrogens is 1. The van der Waals surface area contributed by atoms with Crippen LogP contribution in [0.15, 0.2) is 12.1 Å². The highest BCUT2D eigenvalue weighted by atomic mass is 35.5. The Balaban J connectivity index is 1.72. The molecule has 152 valence electrons. The minimum absolute atomic E-state index is 0.175. The standard InChI is InChI=1S/C19H18Cl2N4O3S/c1-9-13(20)14(21)16(22-9)17(26)24-19-23-15-11(25-5-3-4-6-25)7-10(18(27)28-2)8-12(15)29-19/h7-8,22H,3-6H2,1-2H3,(H,23,24,26). The molecule has 2 N–H and O–H groups in total. The van der Waals surface area contributed by atoms with Gasteiger partial charge in [-0.25, -0.2) is 9.78 Å². The van der Waals surface area contributed by atoms with Gasteiger partial charge in [0.15, 0.2) is 5.13 Å². The van der Waals surface area contributed by atoms with E-state index < -0.39 is 11.9 Å². The number of fused-ring (bicyclic) bond motifs is 1. The lowest BCUT2D eigenvalue weighted by molar-refractivity contribution is 0.0601. The lowest BCUT2D eigenvalue weighted by Gasteiger charge is -2.18. The fourth-order valence-electron chi connectivity index (χ4n) is 3.39. The van der Waals surface area contributed by atoms with Crippen molar-refractivity contribution < 1.29 is 14.3 Å². The summed E-state index contributed by atoms with van der Waals surface area (Å²) < 4.78 is 5.67. The van der Waals surface area contributed by atoms with Gasteiger partial charge in [0.1, 0.15) is 11.2 Å². The fraction of sp³-hybridized carbons (Fsp3) is 0.316. The number of nitrogens with one attached hydrogen (secondary N) is 2. The maximum Gasteiger partial charge on any atom is 0.337 e. The van der Waals surface area contributed by atoms with Gasteiger partial charge in [0.05, 0.1) is 33.1 Å². The molecular formula is C19H18Cl2N4O3S. The van der Waals surface area contributed by atoms with Crippen molar-refractivity contribution in [3.8, 4) is 0 Å². The zero-order valence-electron chi connectivity index (χ0n) is 15.8. The fourth-order valence-corrected chi connectivity index (χ4v) is 4.73. The average Bonchev–Trinajstić information content (AvgIpc) is 3.43. The van der Waals surface area contributed by atoms with E-state index in [1.165, 1.54) is 18.4 Å². The van der Waals surface area contributed by atoms with Crippen molar-refractivity contribution in [2.75, 3.05) is 30.4 Å². The molecule has 10 heteroatoms. The Bertz CT molecular complexity index is 1120. The lowest BCUT2D eigenvalue weighted by atomic mass is 10.1. The summed E-state index contributed by atoms with van der Waals surface area (Å²) in [5.41, 5.74) is 2.87. The zero-order chi connectivity index (χ0) is 20.7. The van der Waals surface area contributed by atoms with Gasteiger partial charge in [0.25, 0.3) is 5.91 Å². The van der Waals surface area contributed by atoms with Crippen LogP contribution in [0.4, 0.5) is 10.8 Å². The van der Waals surface area contributed by atoms with Crippen LogP contribution in [0.1, 0.15) is 39.4 Å². The van der Waals surface area contributed by atoms with Crippen molar-refractivity contribution >= 4 is 67.5 Å². The summed E-state index contributed by atoms with van der Waals surface area (Å²) in [5, 5.41) is 3.67. The molecule has 29 heavy (non-hydrogen) atoms. The number of aryl methyl sites for hydroxylation is 1. The molecule has 3 aromatic rings. The normalized spacial score (nSPS) is 13.9. The third-order valence-corrected chi connectivity index (χ3v) is 6.71. The number of nitrogens with zero attached hydrogens (tertiary/aromatic N) is 2. The molecule has 1 amide bonds. The molecule has 0 saturated carbocycles. The van der Waals surface area contributed by atoms with Crippen molar-refractivity contribution in [1.29, 1.82) is 0 Å². The number of anilines is 2. The Kier molecular flexibility index (Phi) is 5.42. The second-order valence-electron chi connectivity index (χ2n) is 6.75. The smallest absolute Gasteiger partial charge is 0.337 e. The predicted molar refractivity (Wildman–Crippen MR) is 116 cm³/mol. The van der Waals surface area contributed by atoms with E-state index in [-0.39, 0.29) is 10.7 Å². The molecule has 1 saturated heterocycles. The van der Waals surface area contributed by atoms with Crippen LogP contribution in [0.25, 0.3) is 10.2 Å². The lowest BCUT2D eigenvalue weighted by Crippen LogP contribution is -2.18. The summed E-state index contributed by atoms with van der Waals surface area (Å²) >= 11 is 13.5. The average molecular weight is 453 g/mol. The van der Waals surface area contributed by atoms with Gasteiger partial charge in [0.2, 0.25) is 0 Å². The number of hydrogen-bond donors (Lipinski definition) is 2. The van der Waals surface area contributed by atoms with E-state index in [2.05, 4.69) is 20.2 Å². The van der Waals surface area contributed by atoms with Crippen LogP contribution in [0, 0.1) is 6.92 Å². The number of hydrogen-bond acceptors (Lipinski definition) is 6. The highest BCUT2D eigenvalue weighted by Crippen LogP contribution is 2.37. The van der Waals surface area contributed by atoms with Crippen molar-refractivity contribution in [1.82, 2.24) is 9.97 Å². The molecule has 0 aliphatic carbocycles. The number of methoxy groups -OCH3 is 1. The largest absolute Gasteiger partial charge is 0.465 e. The number of rotatable bonds is 4.